The first kappa shape index (κ1) is 9.90. The van der Waals surface area contributed by atoms with E-state index >= 15 is 0 Å². The zero-order valence-corrected chi connectivity index (χ0v) is 8.16. The second-order valence-corrected chi connectivity index (χ2v) is 3.59. The summed E-state index contributed by atoms with van der Waals surface area (Å²) in [4.78, 5) is 10.9. The molecule has 1 aromatic carbocycles. The van der Waals surface area contributed by atoms with Crippen molar-refractivity contribution in [2.24, 2.45) is 0 Å². The number of hydrogen-bond donors (Lipinski definition) is 1. The molecule has 0 spiro atoms. The van der Waals surface area contributed by atoms with Gasteiger partial charge in [-0.2, -0.15) is 0 Å². The molecule has 0 aromatic heterocycles. The second kappa shape index (κ2) is 3.85. The molecule has 0 fully saturated rings. The molecular formula is C12H11FO2. The summed E-state index contributed by atoms with van der Waals surface area (Å²) in [6, 6.07) is 4.41. The Labute approximate surface area is 87.0 Å². The zero-order valence-electron chi connectivity index (χ0n) is 8.16. The smallest absolute Gasteiger partial charge is 0.339 e. The number of benzene rings is 1. The molecule has 1 aliphatic carbocycles. The average molecular weight is 206 g/mol. The molecule has 0 radical (unpaired) electrons. The lowest BCUT2D eigenvalue weighted by molar-refractivity contribution is 0.0691. The molecule has 1 N–H and O–H groups in total. The molecule has 1 aromatic rings. The Morgan fingerprint density at radius 3 is 2.80 bits per heavy atom. The fourth-order valence-corrected chi connectivity index (χ4v) is 1.92. The number of carboxylic acids is 1. The van der Waals surface area contributed by atoms with Crippen molar-refractivity contribution < 1.29 is 14.3 Å². The highest BCUT2D eigenvalue weighted by atomic mass is 19.1. The summed E-state index contributed by atoms with van der Waals surface area (Å²) >= 11 is 0. The van der Waals surface area contributed by atoms with E-state index in [0.29, 0.717) is 5.56 Å². The Hall–Kier alpha value is -1.64. The van der Waals surface area contributed by atoms with Crippen molar-refractivity contribution >= 4 is 11.5 Å². The van der Waals surface area contributed by atoms with Gasteiger partial charge in [-0.3, -0.25) is 0 Å². The molecule has 3 heteroatoms. The summed E-state index contributed by atoms with van der Waals surface area (Å²) in [5, 5.41) is 8.94. The summed E-state index contributed by atoms with van der Waals surface area (Å²) in [5.74, 6) is -1.86. The van der Waals surface area contributed by atoms with E-state index in [4.69, 9.17) is 5.11 Å². The topological polar surface area (TPSA) is 37.3 Å². The van der Waals surface area contributed by atoms with Crippen LogP contribution in [0.25, 0.3) is 5.57 Å². The summed E-state index contributed by atoms with van der Waals surface area (Å²) in [6.45, 7) is 0. The summed E-state index contributed by atoms with van der Waals surface area (Å²) < 4.78 is 13.3. The highest BCUT2D eigenvalue weighted by Gasteiger charge is 2.19. The van der Waals surface area contributed by atoms with Crippen LogP contribution in [0.1, 0.15) is 35.2 Å². The molecule has 0 saturated carbocycles. The number of hydrogen-bond acceptors (Lipinski definition) is 1. The van der Waals surface area contributed by atoms with Crippen molar-refractivity contribution in [2.45, 2.75) is 19.3 Å². The molecule has 0 atom stereocenters. The van der Waals surface area contributed by atoms with Gasteiger partial charge in [-0.25, -0.2) is 9.18 Å². The van der Waals surface area contributed by atoms with Gasteiger partial charge in [-0.15, -0.1) is 0 Å². The molecule has 0 saturated heterocycles. The molecule has 2 nitrogen and oxygen atoms in total. The Morgan fingerprint density at radius 2 is 2.20 bits per heavy atom. The van der Waals surface area contributed by atoms with E-state index in [-0.39, 0.29) is 5.56 Å². The minimum Gasteiger partial charge on any atom is -0.478 e. The van der Waals surface area contributed by atoms with Gasteiger partial charge in [0.25, 0.3) is 0 Å². The monoisotopic (exact) mass is 206 g/mol. The van der Waals surface area contributed by atoms with Crippen molar-refractivity contribution in [2.75, 3.05) is 0 Å². The maximum atomic E-state index is 13.3. The van der Waals surface area contributed by atoms with Crippen molar-refractivity contribution in [3.8, 4) is 0 Å². The predicted octanol–water partition coefficient (Wildman–Crippen LogP) is 3.09. The second-order valence-electron chi connectivity index (χ2n) is 3.59. The predicted molar refractivity (Wildman–Crippen MR) is 55.2 cm³/mol. The van der Waals surface area contributed by atoms with Crippen molar-refractivity contribution in [1.82, 2.24) is 0 Å². The molecule has 0 amide bonds. The van der Waals surface area contributed by atoms with E-state index in [1.54, 1.807) is 12.1 Å². The fraction of sp³-hybridized carbons (Fsp3) is 0.250. The Bertz CT molecular complexity index is 435. The van der Waals surface area contributed by atoms with E-state index < -0.39 is 11.8 Å². The highest BCUT2D eigenvalue weighted by molar-refractivity contribution is 5.94. The first-order chi connectivity index (χ1) is 7.20. The number of halogens is 1. The molecule has 0 bridgehead atoms. The van der Waals surface area contributed by atoms with Gasteiger partial charge in [0.2, 0.25) is 0 Å². The van der Waals surface area contributed by atoms with Crippen LogP contribution in [0.15, 0.2) is 24.3 Å². The Kier molecular flexibility index (Phi) is 2.54. The van der Waals surface area contributed by atoms with Crippen LogP contribution in [0.2, 0.25) is 0 Å². The van der Waals surface area contributed by atoms with Gasteiger partial charge in [0.05, 0.1) is 0 Å². The zero-order chi connectivity index (χ0) is 10.8. The molecular weight excluding hydrogens is 195 g/mol. The number of rotatable bonds is 2. The van der Waals surface area contributed by atoms with Crippen molar-refractivity contribution in [3.63, 3.8) is 0 Å². The van der Waals surface area contributed by atoms with E-state index in [2.05, 4.69) is 0 Å². The van der Waals surface area contributed by atoms with Crippen molar-refractivity contribution in [1.29, 1.82) is 0 Å². The third-order valence-electron chi connectivity index (χ3n) is 2.61. The quantitative estimate of drug-likeness (QED) is 0.807. The normalized spacial score (nSPS) is 15.1. The van der Waals surface area contributed by atoms with Gasteiger partial charge in [0.1, 0.15) is 11.4 Å². The third-order valence-corrected chi connectivity index (χ3v) is 2.61. The average Bonchev–Trinajstić information content (AvgIpc) is 2.69. The molecule has 0 aliphatic heterocycles. The van der Waals surface area contributed by atoms with Crippen LogP contribution in [0, 0.1) is 5.82 Å². The minimum absolute atomic E-state index is 0.203. The number of allylic oxidation sites excluding steroid dienone is 2. The van der Waals surface area contributed by atoms with E-state index in [1.807, 2.05) is 6.08 Å². The van der Waals surface area contributed by atoms with Crippen molar-refractivity contribution in [3.05, 3.63) is 41.2 Å². The van der Waals surface area contributed by atoms with Gasteiger partial charge in [-0.1, -0.05) is 18.2 Å². The molecule has 15 heavy (non-hydrogen) atoms. The highest BCUT2D eigenvalue weighted by Crippen LogP contribution is 2.30. The van der Waals surface area contributed by atoms with Crippen LogP contribution >= 0.6 is 0 Å². The largest absolute Gasteiger partial charge is 0.478 e. The summed E-state index contributed by atoms with van der Waals surface area (Å²) in [5.41, 5.74) is 1.28. The summed E-state index contributed by atoms with van der Waals surface area (Å²) in [6.07, 6.45) is 4.79. The van der Waals surface area contributed by atoms with Crippen LogP contribution in [0.5, 0.6) is 0 Å². The minimum atomic E-state index is -1.20. The van der Waals surface area contributed by atoms with Crippen LogP contribution < -0.4 is 0 Å². The fourth-order valence-electron chi connectivity index (χ4n) is 1.92. The van der Waals surface area contributed by atoms with Gasteiger partial charge < -0.3 is 5.11 Å². The summed E-state index contributed by atoms with van der Waals surface area (Å²) in [7, 11) is 0. The number of carboxylic acid groups (broad SMARTS) is 1. The number of aromatic carboxylic acids is 1. The molecule has 1 aliphatic rings. The van der Waals surface area contributed by atoms with Gasteiger partial charge in [0.15, 0.2) is 0 Å². The Morgan fingerprint density at radius 1 is 1.40 bits per heavy atom. The van der Waals surface area contributed by atoms with Crippen LogP contribution in [0.3, 0.4) is 0 Å². The Balaban J connectivity index is 2.55. The lowest BCUT2D eigenvalue weighted by atomic mass is 9.99. The standard InChI is InChI=1S/C12H11FO2/c13-10-7-3-6-9(11(10)12(14)15)8-4-1-2-5-8/h3-4,6-7H,1-2,5H2,(H,14,15). The molecule has 0 unspecified atom stereocenters. The SMILES string of the molecule is O=C(O)c1c(F)cccc1C1=CCCC1. The van der Waals surface area contributed by atoms with Crippen LogP contribution in [-0.4, -0.2) is 11.1 Å². The third kappa shape index (κ3) is 1.77. The molecule has 2 rings (SSSR count). The van der Waals surface area contributed by atoms with Gasteiger partial charge in [0, 0.05) is 0 Å². The number of carbonyl (C=O) groups is 1. The van der Waals surface area contributed by atoms with E-state index in [9.17, 15) is 9.18 Å². The van der Waals surface area contributed by atoms with Gasteiger partial charge >= 0.3 is 5.97 Å². The first-order valence-corrected chi connectivity index (χ1v) is 4.91. The lowest BCUT2D eigenvalue weighted by Gasteiger charge is -2.07. The molecule has 78 valence electrons. The van der Waals surface area contributed by atoms with E-state index in [1.165, 1.54) is 6.07 Å². The molecule has 0 heterocycles. The first-order valence-electron chi connectivity index (χ1n) is 4.91. The lowest BCUT2D eigenvalue weighted by Crippen LogP contribution is -2.05. The maximum Gasteiger partial charge on any atom is 0.339 e. The van der Waals surface area contributed by atoms with Crippen LogP contribution in [0.4, 0.5) is 4.39 Å². The van der Waals surface area contributed by atoms with E-state index in [0.717, 1.165) is 24.8 Å². The van der Waals surface area contributed by atoms with Gasteiger partial charge in [-0.05, 0) is 36.5 Å². The van der Waals surface area contributed by atoms with Crippen LogP contribution in [-0.2, 0) is 0 Å². The maximum absolute atomic E-state index is 13.3.